The number of carbonyl (C=O) groups excluding carboxylic acids is 3. The van der Waals surface area contributed by atoms with Crippen molar-refractivity contribution in [2.75, 3.05) is 18.9 Å². The summed E-state index contributed by atoms with van der Waals surface area (Å²) in [5.74, 6) is -1.42. The fraction of sp³-hybridized carbons (Fsp3) is 0.323. The summed E-state index contributed by atoms with van der Waals surface area (Å²) in [6, 6.07) is 19.8. The topological polar surface area (TPSA) is 108 Å². The average Bonchev–Trinajstić information content (AvgIpc) is 2.94. The molecule has 39 heavy (non-hydrogen) atoms. The second kappa shape index (κ2) is 14.6. The largest absolute Gasteiger partial charge is 0.465 e. The van der Waals surface area contributed by atoms with Crippen molar-refractivity contribution in [2.45, 2.75) is 52.1 Å². The third-order valence-electron chi connectivity index (χ3n) is 6.21. The summed E-state index contributed by atoms with van der Waals surface area (Å²) >= 11 is 3.41. The quantitative estimate of drug-likeness (QED) is 0.107. The van der Waals surface area contributed by atoms with Gasteiger partial charge in [0.05, 0.1) is 30.4 Å². The highest BCUT2D eigenvalue weighted by Crippen LogP contribution is 2.26. The summed E-state index contributed by atoms with van der Waals surface area (Å²) in [4.78, 5) is 37.9. The second-order valence-corrected chi connectivity index (χ2v) is 10.5. The van der Waals surface area contributed by atoms with Gasteiger partial charge in [0.25, 0.3) is 0 Å². The molecular weight excluding hydrogens is 560 g/mol. The van der Waals surface area contributed by atoms with Gasteiger partial charge in [-0.1, -0.05) is 62.4 Å². The van der Waals surface area contributed by atoms with E-state index in [4.69, 9.17) is 15.2 Å². The Bertz CT molecular complexity index is 1290. The molecule has 0 saturated heterocycles. The lowest BCUT2D eigenvalue weighted by Gasteiger charge is -2.14. The molecule has 0 spiro atoms. The molecule has 1 unspecified atom stereocenters. The van der Waals surface area contributed by atoms with Crippen LogP contribution in [0.1, 0.15) is 76.9 Å². The highest BCUT2D eigenvalue weighted by molar-refractivity contribution is 9.10. The van der Waals surface area contributed by atoms with Gasteiger partial charge in [-0.25, -0.2) is 4.79 Å². The number of hydrogen-bond donors (Lipinski definition) is 2. The van der Waals surface area contributed by atoms with E-state index in [1.54, 1.807) is 49.4 Å². The predicted molar refractivity (Wildman–Crippen MR) is 156 cm³/mol. The molecule has 0 aromatic heterocycles. The van der Waals surface area contributed by atoms with Crippen LogP contribution in [0.3, 0.4) is 0 Å². The Morgan fingerprint density at radius 1 is 0.846 bits per heavy atom. The number of nitrogen functional groups attached to an aromatic ring is 1. The number of unbranched alkanes of at least 4 members (excludes halogenated alkanes) is 1. The lowest BCUT2D eigenvalue weighted by Crippen LogP contribution is -2.22. The summed E-state index contributed by atoms with van der Waals surface area (Å²) in [5, 5.41) is 3.29. The van der Waals surface area contributed by atoms with Gasteiger partial charge in [0, 0.05) is 28.2 Å². The van der Waals surface area contributed by atoms with E-state index >= 15 is 0 Å². The molecular formula is C31H35BrN2O5. The van der Waals surface area contributed by atoms with Crippen molar-refractivity contribution in [3.05, 3.63) is 99.0 Å². The Hall–Kier alpha value is -3.49. The van der Waals surface area contributed by atoms with E-state index < -0.39 is 11.9 Å². The number of carbonyl (C=O) groups is 3. The van der Waals surface area contributed by atoms with Crippen LogP contribution in [0.2, 0.25) is 0 Å². The van der Waals surface area contributed by atoms with E-state index in [2.05, 4.69) is 21.2 Å². The van der Waals surface area contributed by atoms with Crippen LogP contribution in [-0.2, 0) is 20.8 Å². The van der Waals surface area contributed by atoms with Gasteiger partial charge in [0.1, 0.15) is 0 Å². The van der Waals surface area contributed by atoms with Crippen molar-refractivity contribution < 1.29 is 23.9 Å². The van der Waals surface area contributed by atoms with Crippen molar-refractivity contribution in [1.82, 2.24) is 5.32 Å². The molecule has 3 N–H and O–H groups in total. The number of hydrogen-bond acceptors (Lipinski definition) is 7. The van der Waals surface area contributed by atoms with Crippen molar-refractivity contribution >= 4 is 39.3 Å². The van der Waals surface area contributed by atoms with Gasteiger partial charge in [-0.2, -0.15) is 0 Å². The number of ether oxygens (including phenoxy) is 2. The van der Waals surface area contributed by atoms with Crippen molar-refractivity contribution in [3.63, 3.8) is 0 Å². The molecule has 7 nitrogen and oxygen atoms in total. The Kier molecular flexibility index (Phi) is 11.3. The fourth-order valence-corrected chi connectivity index (χ4v) is 4.35. The van der Waals surface area contributed by atoms with Crippen LogP contribution in [0.5, 0.6) is 0 Å². The first-order valence-corrected chi connectivity index (χ1v) is 13.8. The minimum atomic E-state index is -0.519. The maximum absolute atomic E-state index is 12.7. The summed E-state index contributed by atoms with van der Waals surface area (Å²) < 4.78 is 11.5. The SMILES string of the molecule is CC(C)NCc1cc(C(=O)OCCCCOC(=O)C(C)c2cccc(C(=O)c3ccccc3)c2)cc(Br)c1N. The molecule has 0 heterocycles. The van der Waals surface area contributed by atoms with Gasteiger partial charge in [0.2, 0.25) is 0 Å². The number of halogens is 1. The maximum atomic E-state index is 12.7. The third kappa shape index (κ3) is 8.76. The van der Waals surface area contributed by atoms with Crippen LogP contribution in [-0.4, -0.2) is 37.0 Å². The summed E-state index contributed by atoms with van der Waals surface area (Å²) in [5.41, 5.74) is 9.79. The number of rotatable bonds is 13. The summed E-state index contributed by atoms with van der Waals surface area (Å²) in [6.45, 7) is 6.79. The van der Waals surface area contributed by atoms with Gasteiger partial charge in [0.15, 0.2) is 5.78 Å². The van der Waals surface area contributed by atoms with Crippen LogP contribution < -0.4 is 11.1 Å². The molecule has 0 aliphatic carbocycles. The Morgan fingerprint density at radius 3 is 2.21 bits per heavy atom. The van der Waals surface area contributed by atoms with Crippen LogP contribution >= 0.6 is 15.9 Å². The van der Waals surface area contributed by atoms with E-state index in [9.17, 15) is 14.4 Å². The zero-order chi connectivity index (χ0) is 28.4. The molecule has 0 aliphatic rings. The zero-order valence-electron chi connectivity index (χ0n) is 22.5. The molecule has 3 aromatic carbocycles. The molecule has 3 aromatic rings. The van der Waals surface area contributed by atoms with E-state index in [-0.39, 0.29) is 31.0 Å². The molecule has 0 radical (unpaired) electrons. The van der Waals surface area contributed by atoms with Gasteiger partial charge < -0.3 is 20.5 Å². The molecule has 1 atom stereocenters. The minimum Gasteiger partial charge on any atom is -0.465 e. The van der Waals surface area contributed by atoms with Gasteiger partial charge in [-0.15, -0.1) is 0 Å². The number of nitrogens with one attached hydrogen (secondary N) is 1. The van der Waals surface area contributed by atoms with Crippen LogP contribution in [0, 0.1) is 0 Å². The Labute approximate surface area is 238 Å². The third-order valence-corrected chi connectivity index (χ3v) is 6.86. The fourth-order valence-electron chi connectivity index (χ4n) is 3.84. The van der Waals surface area contributed by atoms with Crippen molar-refractivity contribution in [2.24, 2.45) is 0 Å². The number of benzene rings is 3. The minimum absolute atomic E-state index is 0.0951. The number of ketones is 1. The molecule has 0 aliphatic heterocycles. The molecule has 0 bridgehead atoms. The second-order valence-electron chi connectivity index (χ2n) is 9.62. The molecule has 8 heteroatoms. The first-order chi connectivity index (χ1) is 18.7. The first kappa shape index (κ1) is 30.1. The maximum Gasteiger partial charge on any atom is 0.338 e. The Balaban J connectivity index is 1.43. The van der Waals surface area contributed by atoms with Gasteiger partial charge >= 0.3 is 11.9 Å². The van der Waals surface area contributed by atoms with E-state index in [1.165, 1.54) is 0 Å². The summed E-state index contributed by atoms with van der Waals surface area (Å²) in [7, 11) is 0. The molecule has 0 fully saturated rings. The monoisotopic (exact) mass is 594 g/mol. The lowest BCUT2D eigenvalue weighted by molar-refractivity contribution is -0.145. The number of esters is 2. The average molecular weight is 596 g/mol. The molecule has 206 valence electrons. The lowest BCUT2D eigenvalue weighted by atomic mass is 9.96. The number of nitrogens with two attached hydrogens (primary N) is 1. The van der Waals surface area contributed by atoms with Gasteiger partial charge in [-0.3, -0.25) is 9.59 Å². The summed E-state index contributed by atoms with van der Waals surface area (Å²) in [6.07, 6.45) is 1.10. The highest BCUT2D eigenvalue weighted by Gasteiger charge is 2.19. The van der Waals surface area contributed by atoms with Crippen LogP contribution in [0.25, 0.3) is 0 Å². The highest BCUT2D eigenvalue weighted by atomic mass is 79.9. The predicted octanol–water partition coefficient (Wildman–Crippen LogP) is 6.04. The van der Waals surface area contributed by atoms with E-state index in [0.29, 0.717) is 51.8 Å². The van der Waals surface area contributed by atoms with Crippen LogP contribution in [0.4, 0.5) is 5.69 Å². The van der Waals surface area contributed by atoms with Gasteiger partial charge in [-0.05, 0) is 65.0 Å². The van der Waals surface area contributed by atoms with E-state index in [1.807, 2.05) is 38.1 Å². The standard InChI is InChI=1S/C31H35BrN2O5/c1-20(2)34-19-26-17-25(18-27(32)28(26)33)31(37)39-15-8-7-14-38-30(36)21(3)23-12-9-13-24(16-23)29(35)22-10-5-4-6-11-22/h4-6,9-13,16-18,20-21,34H,7-8,14-15,19,33H2,1-3H3. The number of anilines is 1. The Morgan fingerprint density at radius 2 is 1.51 bits per heavy atom. The molecule has 0 saturated carbocycles. The van der Waals surface area contributed by atoms with E-state index in [0.717, 1.165) is 5.56 Å². The van der Waals surface area contributed by atoms with Crippen LogP contribution in [0.15, 0.2) is 71.2 Å². The molecule has 3 rings (SSSR count). The van der Waals surface area contributed by atoms with Crippen molar-refractivity contribution in [1.29, 1.82) is 0 Å². The molecule has 0 amide bonds. The normalized spacial score (nSPS) is 11.7. The zero-order valence-corrected chi connectivity index (χ0v) is 24.1. The first-order valence-electron chi connectivity index (χ1n) is 13.0. The van der Waals surface area contributed by atoms with Crippen molar-refractivity contribution in [3.8, 4) is 0 Å². The smallest absolute Gasteiger partial charge is 0.338 e.